The van der Waals surface area contributed by atoms with E-state index in [1.54, 1.807) is 6.07 Å². The first-order chi connectivity index (χ1) is 7.19. The molecule has 0 saturated carbocycles. The zero-order valence-electron chi connectivity index (χ0n) is 9.51. The van der Waals surface area contributed by atoms with Gasteiger partial charge in [0.2, 0.25) is 0 Å². The van der Waals surface area contributed by atoms with E-state index in [9.17, 15) is 4.39 Å². The van der Waals surface area contributed by atoms with E-state index < -0.39 is 0 Å². The van der Waals surface area contributed by atoms with Crippen LogP contribution in [0.5, 0.6) is 0 Å². The minimum atomic E-state index is -0.153. The van der Waals surface area contributed by atoms with Gasteiger partial charge in [-0.3, -0.25) is 0 Å². The number of benzene rings is 1. The Morgan fingerprint density at radius 1 is 1.47 bits per heavy atom. The first-order valence-electron chi connectivity index (χ1n) is 5.11. The normalized spacial score (nSPS) is 12.8. The van der Waals surface area contributed by atoms with Crippen molar-refractivity contribution in [3.63, 3.8) is 0 Å². The van der Waals surface area contributed by atoms with E-state index in [-0.39, 0.29) is 11.9 Å². The minimum Gasteiger partial charge on any atom is -0.313 e. The van der Waals surface area contributed by atoms with E-state index >= 15 is 0 Å². The smallest absolute Gasteiger partial charge is 0.123 e. The molecule has 1 atom stereocenters. The highest BCUT2D eigenvalue weighted by Crippen LogP contribution is 2.22. The van der Waals surface area contributed by atoms with E-state index in [2.05, 4.69) is 11.6 Å². The second-order valence-electron chi connectivity index (χ2n) is 3.62. The van der Waals surface area contributed by atoms with Crippen molar-refractivity contribution >= 4 is 11.8 Å². The Balaban J connectivity index is 2.85. The van der Waals surface area contributed by atoms with Crippen LogP contribution in [0.4, 0.5) is 4.39 Å². The number of halogens is 1. The molecule has 84 valence electrons. The molecule has 15 heavy (non-hydrogen) atoms. The predicted octanol–water partition coefficient (Wildman–Crippen LogP) is 3.15. The largest absolute Gasteiger partial charge is 0.313 e. The van der Waals surface area contributed by atoms with Gasteiger partial charge in [-0.25, -0.2) is 4.39 Å². The van der Waals surface area contributed by atoms with Crippen molar-refractivity contribution in [2.24, 2.45) is 0 Å². The lowest BCUT2D eigenvalue weighted by Crippen LogP contribution is -2.18. The number of thioether (sulfide) groups is 1. The Hall–Kier alpha value is -0.540. The molecule has 1 nitrogen and oxygen atoms in total. The zero-order valence-corrected chi connectivity index (χ0v) is 10.3. The Bertz CT molecular complexity index is 314. The molecule has 0 radical (unpaired) electrons. The third kappa shape index (κ3) is 3.50. The van der Waals surface area contributed by atoms with Crippen molar-refractivity contribution in [2.45, 2.75) is 19.4 Å². The number of hydrogen-bond acceptors (Lipinski definition) is 2. The Kier molecular flexibility index (Phi) is 5.12. The van der Waals surface area contributed by atoms with Crippen molar-refractivity contribution in [3.8, 4) is 0 Å². The van der Waals surface area contributed by atoms with Gasteiger partial charge in [0.25, 0.3) is 0 Å². The topological polar surface area (TPSA) is 12.0 Å². The van der Waals surface area contributed by atoms with Gasteiger partial charge in [0.1, 0.15) is 5.82 Å². The second-order valence-corrected chi connectivity index (χ2v) is 4.61. The second kappa shape index (κ2) is 6.13. The molecule has 0 aliphatic carbocycles. The molecular weight excluding hydrogens is 209 g/mol. The highest BCUT2D eigenvalue weighted by atomic mass is 32.2. The fraction of sp³-hybridized carbons (Fsp3) is 0.500. The minimum absolute atomic E-state index is 0.153. The van der Waals surface area contributed by atoms with Gasteiger partial charge < -0.3 is 5.32 Å². The van der Waals surface area contributed by atoms with E-state index in [4.69, 9.17) is 0 Å². The molecule has 0 saturated heterocycles. The number of aryl methyl sites for hydroxylation is 1. The van der Waals surface area contributed by atoms with E-state index in [1.807, 2.05) is 31.8 Å². The van der Waals surface area contributed by atoms with E-state index in [0.29, 0.717) is 0 Å². The fourth-order valence-electron chi connectivity index (χ4n) is 1.68. The van der Waals surface area contributed by atoms with Crippen LogP contribution < -0.4 is 5.32 Å². The summed E-state index contributed by atoms with van der Waals surface area (Å²) in [6, 6.07) is 5.25. The van der Waals surface area contributed by atoms with Crippen LogP contribution in [0, 0.1) is 12.7 Å². The summed E-state index contributed by atoms with van der Waals surface area (Å²) in [6.45, 7) is 2.03. The number of rotatable bonds is 5. The predicted molar refractivity (Wildman–Crippen MR) is 65.9 cm³/mol. The maximum atomic E-state index is 13.1. The molecule has 0 aliphatic heterocycles. The zero-order chi connectivity index (χ0) is 11.3. The maximum Gasteiger partial charge on any atom is 0.123 e. The van der Waals surface area contributed by atoms with Crippen LogP contribution in [-0.4, -0.2) is 19.1 Å². The van der Waals surface area contributed by atoms with Gasteiger partial charge >= 0.3 is 0 Å². The van der Waals surface area contributed by atoms with Gasteiger partial charge in [0.15, 0.2) is 0 Å². The summed E-state index contributed by atoms with van der Waals surface area (Å²) in [6.07, 6.45) is 3.12. The fourth-order valence-corrected chi connectivity index (χ4v) is 2.15. The molecule has 0 aromatic heterocycles. The average Bonchev–Trinajstić information content (AvgIpc) is 2.24. The molecule has 1 N–H and O–H groups in total. The summed E-state index contributed by atoms with van der Waals surface area (Å²) in [5.41, 5.74) is 2.23. The molecule has 0 bridgehead atoms. The molecule has 0 fully saturated rings. The molecule has 3 heteroatoms. The highest BCUT2D eigenvalue weighted by molar-refractivity contribution is 7.98. The van der Waals surface area contributed by atoms with Gasteiger partial charge in [-0.15, -0.1) is 0 Å². The van der Waals surface area contributed by atoms with Crippen molar-refractivity contribution in [3.05, 3.63) is 35.1 Å². The first-order valence-corrected chi connectivity index (χ1v) is 6.50. The van der Waals surface area contributed by atoms with Crippen molar-refractivity contribution in [1.29, 1.82) is 0 Å². The Labute approximate surface area is 95.5 Å². The lowest BCUT2D eigenvalue weighted by atomic mass is 9.99. The molecule has 0 amide bonds. The SMILES string of the molecule is CNC(CCSC)c1cc(F)ccc1C. The third-order valence-electron chi connectivity index (χ3n) is 2.58. The van der Waals surface area contributed by atoms with Crippen LogP contribution >= 0.6 is 11.8 Å². The summed E-state index contributed by atoms with van der Waals surface area (Å²) < 4.78 is 13.1. The van der Waals surface area contributed by atoms with E-state index in [0.717, 1.165) is 23.3 Å². The first kappa shape index (κ1) is 12.5. The van der Waals surface area contributed by atoms with Gasteiger partial charge in [-0.2, -0.15) is 11.8 Å². The van der Waals surface area contributed by atoms with E-state index in [1.165, 1.54) is 6.07 Å². The summed E-state index contributed by atoms with van der Waals surface area (Å²) in [4.78, 5) is 0. The van der Waals surface area contributed by atoms with Crippen LogP contribution in [0.25, 0.3) is 0 Å². The molecular formula is C12H18FNS. The quantitative estimate of drug-likeness (QED) is 0.829. The van der Waals surface area contributed by atoms with Crippen LogP contribution in [0.1, 0.15) is 23.6 Å². The Morgan fingerprint density at radius 3 is 2.80 bits per heavy atom. The average molecular weight is 227 g/mol. The van der Waals surface area contributed by atoms with Crippen molar-refractivity contribution in [1.82, 2.24) is 5.32 Å². The monoisotopic (exact) mass is 227 g/mol. The van der Waals surface area contributed by atoms with Gasteiger partial charge in [0, 0.05) is 6.04 Å². The van der Waals surface area contributed by atoms with Gasteiger partial charge in [-0.05, 0) is 55.7 Å². The molecule has 1 aromatic carbocycles. The molecule has 1 unspecified atom stereocenters. The maximum absolute atomic E-state index is 13.1. The Morgan fingerprint density at radius 2 is 2.20 bits per heavy atom. The molecule has 1 aromatic rings. The number of hydrogen-bond donors (Lipinski definition) is 1. The lowest BCUT2D eigenvalue weighted by Gasteiger charge is -2.18. The summed E-state index contributed by atoms with van der Waals surface area (Å²) in [5.74, 6) is 0.932. The summed E-state index contributed by atoms with van der Waals surface area (Å²) >= 11 is 1.82. The van der Waals surface area contributed by atoms with Crippen molar-refractivity contribution in [2.75, 3.05) is 19.1 Å². The van der Waals surface area contributed by atoms with Crippen LogP contribution in [0.3, 0.4) is 0 Å². The third-order valence-corrected chi connectivity index (χ3v) is 3.22. The molecule has 0 heterocycles. The standard InChI is InChI=1S/C12H18FNS/c1-9-4-5-10(13)8-11(9)12(14-2)6-7-15-3/h4-5,8,12,14H,6-7H2,1-3H3. The molecule has 1 rings (SSSR count). The summed E-state index contributed by atoms with van der Waals surface area (Å²) in [5, 5.41) is 3.24. The van der Waals surface area contributed by atoms with Crippen LogP contribution in [0.2, 0.25) is 0 Å². The number of nitrogens with one attached hydrogen (secondary N) is 1. The van der Waals surface area contributed by atoms with Crippen molar-refractivity contribution < 1.29 is 4.39 Å². The van der Waals surface area contributed by atoms with Gasteiger partial charge in [-0.1, -0.05) is 6.07 Å². The van der Waals surface area contributed by atoms with Gasteiger partial charge in [0.05, 0.1) is 0 Å². The molecule has 0 spiro atoms. The van der Waals surface area contributed by atoms with Crippen LogP contribution in [0.15, 0.2) is 18.2 Å². The summed E-state index contributed by atoms with van der Waals surface area (Å²) in [7, 11) is 1.93. The molecule has 0 aliphatic rings. The highest BCUT2D eigenvalue weighted by Gasteiger charge is 2.11. The lowest BCUT2D eigenvalue weighted by molar-refractivity contribution is 0.566. The van der Waals surface area contributed by atoms with Crippen LogP contribution in [-0.2, 0) is 0 Å².